The number of halogens is 3. The van der Waals surface area contributed by atoms with Gasteiger partial charge in [-0.2, -0.15) is 23.5 Å². The molecule has 0 spiro atoms. The van der Waals surface area contributed by atoms with E-state index in [0.29, 0.717) is 6.42 Å². The van der Waals surface area contributed by atoms with Crippen LogP contribution in [0.3, 0.4) is 0 Å². The number of fused-ring (bicyclic) bond motifs is 1. The minimum Gasteiger partial charge on any atom is -0.494 e. The monoisotopic (exact) mass is 471 g/mol. The number of hydrogen-bond acceptors (Lipinski definition) is 6. The molecule has 11 heteroatoms. The molecule has 176 valence electrons. The van der Waals surface area contributed by atoms with Crippen molar-refractivity contribution in [3.63, 3.8) is 0 Å². The molecule has 0 saturated carbocycles. The van der Waals surface area contributed by atoms with E-state index < -0.39 is 18.2 Å². The van der Waals surface area contributed by atoms with E-state index in [1.807, 2.05) is 12.1 Å². The smallest absolute Gasteiger partial charge is 0.425 e. The van der Waals surface area contributed by atoms with E-state index >= 15 is 0 Å². The molecule has 0 radical (unpaired) electrons. The zero-order valence-electron chi connectivity index (χ0n) is 18.3. The molecule has 1 amide bonds. The molecule has 1 atom stereocenters. The van der Waals surface area contributed by atoms with Gasteiger partial charge in [-0.25, -0.2) is 4.68 Å². The minimum absolute atomic E-state index is 0.0138. The summed E-state index contributed by atoms with van der Waals surface area (Å²) in [4.78, 5) is 19.1. The molecule has 1 aliphatic rings. The van der Waals surface area contributed by atoms with Gasteiger partial charge in [-0.1, -0.05) is 0 Å². The third kappa shape index (κ3) is 4.39. The number of amides is 1. The lowest BCUT2D eigenvalue weighted by Crippen LogP contribution is -2.37. The van der Waals surface area contributed by atoms with E-state index in [1.165, 1.54) is 24.1 Å². The van der Waals surface area contributed by atoms with E-state index in [4.69, 9.17) is 9.47 Å². The highest BCUT2D eigenvalue weighted by Crippen LogP contribution is 2.36. The second-order valence-corrected chi connectivity index (χ2v) is 7.67. The van der Waals surface area contributed by atoms with Crippen molar-refractivity contribution in [2.45, 2.75) is 32.2 Å². The second-order valence-electron chi connectivity index (χ2n) is 7.67. The highest BCUT2D eigenvalue weighted by molar-refractivity contribution is 6.00. The van der Waals surface area contributed by atoms with E-state index in [1.54, 1.807) is 29.3 Å². The van der Waals surface area contributed by atoms with Gasteiger partial charge in [0.2, 0.25) is 0 Å². The van der Waals surface area contributed by atoms with Crippen LogP contribution in [-0.2, 0) is 13.0 Å². The normalized spacial score (nSPS) is 14.2. The lowest BCUT2D eigenvalue weighted by Gasteiger charge is -2.28. The summed E-state index contributed by atoms with van der Waals surface area (Å²) in [6, 6.07) is 7.98. The van der Waals surface area contributed by atoms with Crippen molar-refractivity contribution in [1.29, 1.82) is 5.26 Å². The largest absolute Gasteiger partial charge is 0.494 e. The van der Waals surface area contributed by atoms with Crippen LogP contribution in [0.4, 0.5) is 13.2 Å². The molecule has 0 aliphatic carbocycles. The van der Waals surface area contributed by atoms with Crippen molar-refractivity contribution >= 4 is 5.91 Å². The molecule has 3 heterocycles. The first kappa shape index (κ1) is 23.1. The van der Waals surface area contributed by atoms with Gasteiger partial charge in [-0.05, 0) is 31.2 Å². The predicted octanol–water partition coefficient (Wildman–Crippen LogP) is 3.68. The average molecular weight is 471 g/mol. The Labute approximate surface area is 193 Å². The summed E-state index contributed by atoms with van der Waals surface area (Å²) in [6.07, 6.45) is -1.26. The van der Waals surface area contributed by atoms with Crippen LogP contribution in [-0.4, -0.2) is 51.5 Å². The summed E-state index contributed by atoms with van der Waals surface area (Å²) in [6.45, 7) is 1.31. The summed E-state index contributed by atoms with van der Waals surface area (Å²) in [7, 11) is 1.25. The fourth-order valence-electron chi connectivity index (χ4n) is 3.69. The van der Waals surface area contributed by atoms with E-state index in [0.717, 1.165) is 23.9 Å². The van der Waals surface area contributed by atoms with Crippen molar-refractivity contribution in [3.8, 4) is 23.3 Å². The topological polar surface area (TPSA) is 93.3 Å². The third-order valence-corrected chi connectivity index (χ3v) is 5.48. The van der Waals surface area contributed by atoms with Crippen molar-refractivity contribution < 1.29 is 27.4 Å². The maximum atomic E-state index is 13.5. The first-order valence-electron chi connectivity index (χ1n) is 10.3. The number of carbonyl (C=O) groups is 1. The van der Waals surface area contributed by atoms with Gasteiger partial charge < -0.3 is 14.4 Å². The molecule has 4 rings (SSSR count). The summed E-state index contributed by atoms with van der Waals surface area (Å²) < 4.78 is 51.5. The van der Waals surface area contributed by atoms with Crippen molar-refractivity contribution in [2.75, 3.05) is 13.7 Å². The molecule has 1 aromatic carbocycles. The number of ether oxygens (including phenoxy) is 2. The molecular weight excluding hydrogens is 451 g/mol. The molecule has 2 aromatic heterocycles. The van der Waals surface area contributed by atoms with Gasteiger partial charge in [0.25, 0.3) is 5.91 Å². The van der Waals surface area contributed by atoms with Gasteiger partial charge in [0, 0.05) is 37.5 Å². The fraction of sp³-hybridized carbons (Fsp3) is 0.304. The number of methoxy groups -OCH3 is 1. The van der Waals surface area contributed by atoms with E-state index in [2.05, 4.69) is 10.1 Å². The van der Waals surface area contributed by atoms with Crippen molar-refractivity contribution in [1.82, 2.24) is 19.7 Å². The Morgan fingerprint density at radius 3 is 2.74 bits per heavy atom. The Kier molecular flexibility index (Phi) is 6.15. The van der Waals surface area contributed by atoms with Crippen LogP contribution in [0.1, 0.15) is 34.1 Å². The number of pyridine rings is 1. The predicted molar refractivity (Wildman–Crippen MR) is 114 cm³/mol. The number of nitrogens with zero attached hydrogens (tertiary/aromatic N) is 5. The number of hydrogen-bond donors (Lipinski definition) is 0. The van der Waals surface area contributed by atoms with Gasteiger partial charge in [0.05, 0.1) is 30.3 Å². The molecule has 1 aliphatic heterocycles. The first-order chi connectivity index (χ1) is 16.2. The lowest BCUT2D eigenvalue weighted by molar-refractivity contribution is -0.189. The van der Waals surface area contributed by atoms with Crippen LogP contribution >= 0.6 is 0 Å². The highest BCUT2D eigenvalue weighted by atomic mass is 19.4. The highest BCUT2D eigenvalue weighted by Gasteiger charge is 2.39. The maximum Gasteiger partial charge on any atom is 0.425 e. The quantitative estimate of drug-likeness (QED) is 0.564. The molecular formula is C23H20F3N5O3. The van der Waals surface area contributed by atoms with Crippen LogP contribution in [0.25, 0.3) is 5.69 Å². The van der Waals surface area contributed by atoms with Gasteiger partial charge in [-0.15, -0.1) is 0 Å². The van der Waals surface area contributed by atoms with E-state index in [-0.39, 0.29) is 35.7 Å². The summed E-state index contributed by atoms with van der Waals surface area (Å²) >= 11 is 0. The summed E-state index contributed by atoms with van der Waals surface area (Å²) in [5.41, 5.74) is 2.16. The molecule has 0 fully saturated rings. The van der Waals surface area contributed by atoms with Crippen LogP contribution in [0.2, 0.25) is 0 Å². The van der Waals surface area contributed by atoms with Crippen LogP contribution in [0.15, 0.2) is 42.9 Å². The molecule has 34 heavy (non-hydrogen) atoms. The van der Waals surface area contributed by atoms with Crippen LogP contribution in [0, 0.1) is 11.3 Å². The van der Waals surface area contributed by atoms with Gasteiger partial charge in [-0.3, -0.25) is 9.78 Å². The SMILES string of the molecule is COc1c(C#N)ccc(OC(C)C(F)(F)F)c1C(=O)N1CCc2nn(-c3cccnc3)cc2C1. The summed E-state index contributed by atoms with van der Waals surface area (Å²) in [5, 5.41) is 14.0. The molecule has 8 nitrogen and oxygen atoms in total. The third-order valence-electron chi connectivity index (χ3n) is 5.48. The van der Waals surface area contributed by atoms with Gasteiger partial charge in [0.1, 0.15) is 17.4 Å². The standard InChI is InChI=1S/C23H20F3N5O3/c1-14(23(24,25)26)34-19-6-5-15(10-27)21(33-2)20(19)22(32)30-9-7-18-16(12-30)13-31(29-18)17-4-3-8-28-11-17/h3-6,8,11,13-14H,7,9,12H2,1-2H3. The Bertz CT molecular complexity index is 1250. The minimum atomic E-state index is -4.64. The zero-order valence-corrected chi connectivity index (χ0v) is 18.3. The molecule has 0 N–H and O–H groups in total. The first-order valence-corrected chi connectivity index (χ1v) is 10.3. The molecule has 0 saturated heterocycles. The summed E-state index contributed by atoms with van der Waals surface area (Å²) in [5.74, 6) is -1.03. The van der Waals surface area contributed by atoms with Crippen LogP contribution < -0.4 is 9.47 Å². The Morgan fingerprint density at radius 1 is 1.29 bits per heavy atom. The Hall–Kier alpha value is -4.07. The number of nitriles is 1. The molecule has 3 aromatic rings. The fourth-order valence-corrected chi connectivity index (χ4v) is 3.69. The number of alkyl halides is 3. The van der Waals surface area contributed by atoms with Gasteiger partial charge >= 0.3 is 6.18 Å². The Morgan fingerprint density at radius 2 is 2.09 bits per heavy atom. The number of benzene rings is 1. The van der Waals surface area contributed by atoms with E-state index in [9.17, 15) is 23.2 Å². The number of rotatable bonds is 5. The van der Waals surface area contributed by atoms with Gasteiger partial charge in [0.15, 0.2) is 11.9 Å². The van der Waals surface area contributed by atoms with Crippen molar-refractivity contribution in [3.05, 3.63) is 65.2 Å². The maximum absolute atomic E-state index is 13.5. The number of aromatic nitrogens is 3. The molecule has 1 unspecified atom stereocenters. The lowest BCUT2D eigenvalue weighted by atomic mass is 10.0. The zero-order chi connectivity index (χ0) is 24.5. The Balaban J connectivity index is 1.67. The molecule has 0 bridgehead atoms. The number of carbonyl (C=O) groups excluding carboxylic acids is 1. The average Bonchev–Trinajstić information content (AvgIpc) is 3.26. The van der Waals surface area contributed by atoms with Crippen LogP contribution in [0.5, 0.6) is 11.5 Å². The van der Waals surface area contributed by atoms with Crippen molar-refractivity contribution in [2.24, 2.45) is 0 Å². The second kappa shape index (κ2) is 9.05.